The van der Waals surface area contributed by atoms with E-state index in [9.17, 15) is 14.7 Å². The summed E-state index contributed by atoms with van der Waals surface area (Å²) in [5.74, 6) is 1.66. The van der Waals surface area contributed by atoms with Crippen molar-refractivity contribution in [1.29, 1.82) is 0 Å². The average Bonchev–Trinajstić information content (AvgIpc) is 3.25. The second kappa shape index (κ2) is 21.4. The predicted octanol–water partition coefficient (Wildman–Crippen LogP) is 11.0. The lowest BCUT2D eigenvalue weighted by molar-refractivity contribution is -0.149. The van der Waals surface area contributed by atoms with Gasteiger partial charge in [0.1, 0.15) is 23.0 Å². The molecule has 0 aromatic heterocycles. The Kier molecular flexibility index (Phi) is 15.8. The number of carboxylic acid groups (broad SMARTS) is 1. The number of hydrogen-bond donors (Lipinski definition) is 1. The molecule has 2 aliphatic carbocycles. The third-order valence-electron chi connectivity index (χ3n) is 10.1. The number of methoxy groups -OCH3 is 3. The van der Waals surface area contributed by atoms with E-state index in [1.807, 2.05) is 97.1 Å². The van der Waals surface area contributed by atoms with Gasteiger partial charge in [-0.15, -0.1) is 0 Å². The van der Waals surface area contributed by atoms with Crippen molar-refractivity contribution in [3.63, 3.8) is 0 Å². The molecular weight excluding hydrogens is 693 g/mol. The smallest absolute Gasteiger partial charge is 0.347 e. The monoisotopic (exact) mass is 746 g/mol. The molecule has 0 heterocycles. The first-order chi connectivity index (χ1) is 26.8. The largest absolute Gasteiger partial charge is 0.497 e. The van der Waals surface area contributed by atoms with Gasteiger partial charge in [-0.3, -0.25) is 0 Å². The molecule has 4 aromatic carbocycles. The van der Waals surface area contributed by atoms with Gasteiger partial charge in [0.05, 0.1) is 21.3 Å². The van der Waals surface area contributed by atoms with Crippen LogP contribution < -0.4 is 18.9 Å². The van der Waals surface area contributed by atoms with E-state index in [2.05, 4.69) is 12.2 Å². The lowest BCUT2D eigenvalue weighted by Crippen LogP contribution is -2.28. The summed E-state index contributed by atoms with van der Waals surface area (Å²) in [6.45, 7) is 0. The number of carbonyl (C=O) groups excluding carboxylic acids is 1. The standard InChI is InChI=1S/C24H28O4.C23H26O4/c1-26-21-13-9-19(10-14-21)20-11-15-22(16-12-20)28-23(24(25)27-2)17-8-18-6-4-3-5-7-18;1-26-20-12-8-18(9-13-20)19-10-14-21(15-11-19)27-22(23(24)25)16-7-17-5-3-2-4-6-17/h6,9-16,23H,3-5,7-8,17H2,1-2H3;5,8-15,22H,2-4,6-7,16H2,1H3,(H,24,25). The maximum Gasteiger partial charge on any atom is 0.347 e. The summed E-state index contributed by atoms with van der Waals surface area (Å²) in [7, 11) is 4.71. The first-order valence-electron chi connectivity index (χ1n) is 19.3. The highest BCUT2D eigenvalue weighted by molar-refractivity contribution is 5.75. The van der Waals surface area contributed by atoms with Crippen molar-refractivity contribution in [1.82, 2.24) is 0 Å². The summed E-state index contributed by atoms with van der Waals surface area (Å²) >= 11 is 0. The fourth-order valence-electron chi connectivity index (χ4n) is 6.83. The molecule has 0 fully saturated rings. The van der Waals surface area contributed by atoms with Gasteiger partial charge in [0.25, 0.3) is 0 Å². The topological polar surface area (TPSA) is 101 Å². The highest BCUT2D eigenvalue weighted by Gasteiger charge is 2.22. The van der Waals surface area contributed by atoms with Crippen LogP contribution in [0.2, 0.25) is 0 Å². The van der Waals surface area contributed by atoms with Gasteiger partial charge in [-0.25, -0.2) is 9.59 Å². The fourth-order valence-corrected chi connectivity index (χ4v) is 6.83. The third kappa shape index (κ3) is 12.8. The molecule has 0 radical (unpaired) electrons. The Morgan fingerprint density at radius 3 is 1.22 bits per heavy atom. The molecule has 0 spiro atoms. The number of allylic oxidation sites excluding steroid dienone is 4. The third-order valence-corrected chi connectivity index (χ3v) is 10.1. The minimum absolute atomic E-state index is 0.323. The van der Waals surface area contributed by atoms with Crippen molar-refractivity contribution >= 4 is 11.9 Å². The number of ether oxygens (including phenoxy) is 5. The van der Waals surface area contributed by atoms with E-state index in [1.165, 1.54) is 43.9 Å². The number of esters is 1. The summed E-state index contributed by atoms with van der Waals surface area (Å²) in [5.41, 5.74) is 7.09. The molecule has 6 rings (SSSR count). The van der Waals surface area contributed by atoms with Crippen LogP contribution in [0.25, 0.3) is 22.3 Å². The second-order valence-corrected chi connectivity index (χ2v) is 13.9. The molecule has 2 aliphatic rings. The lowest BCUT2D eigenvalue weighted by atomic mass is 9.95. The van der Waals surface area contributed by atoms with Crippen LogP contribution in [-0.2, 0) is 14.3 Å². The van der Waals surface area contributed by atoms with Gasteiger partial charge in [0.15, 0.2) is 12.2 Å². The van der Waals surface area contributed by atoms with E-state index in [-0.39, 0.29) is 5.97 Å². The van der Waals surface area contributed by atoms with Crippen LogP contribution in [0.1, 0.15) is 77.0 Å². The quantitative estimate of drug-likeness (QED) is 0.0893. The summed E-state index contributed by atoms with van der Waals surface area (Å²) in [4.78, 5) is 23.7. The molecule has 55 heavy (non-hydrogen) atoms. The Labute approximate surface area is 325 Å². The van der Waals surface area contributed by atoms with Crippen molar-refractivity contribution in [2.24, 2.45) is 0 Å². The highest BCUT2D eigenvalue weighted by Crippen LogP contribution is 2.29. The number of hydrogen-bond acceptors (Lipinski definition) is 7. The zero-order valence-electron chi connectivity index (χ0n) is 32.3. The van der Waals surface area contributed by atoms with Gasteiger partial charge in [0.2, 0.25) is 0 Å². The van der Waals surface area contributed by atoms with Crippen LogP contribution in [0.4, 0.5) is 0 Å². The van der Waals surface area contributed by atoms with Crippen molar-refractivity contribution in [2.45, 2.75) is 89.3 Å². The van der Waals surface area contributed by atoms with Gasteiger partial charge in [-0.05, 0) is 148 Å². The molecule has 8 nitrogen and oxygen atoms in total. The van der Waals surface area contributed by atoms with E-state index < -0.39 is 18.2 Å². The first kappa shape index (κ1) is 40.7. The van der Waals surface area contributed by atoms with Gasteiger partial charge in [-0.2, -0.15) is 0 Å². The maximum absolute atomic E-state index is 12.2. The van der Waals surface area contributed by atoms with E-state index in [0.29, 0.717) is 24.3 Å². The number of aliphatic carboxylic acids is 1. The summed E-state index contributed by atoms with van der Waals surface area (Å²) in [5, 5.41) is 9.49. The molecule has 4 aromatic rings. The van der Waals surface area contributed by atoms with Crippen molar-refractivity contribution < 1.29 is 38.4 Å². The zero-order chi connectivity index (χ0) is 38.8. The van der Waals surface area contributed by atoms with Crippen LogP contribution in [0, 0.1) is 0 Å². The Bertz CT molecular complexity index is 1840. The van der Waals surface area contributed by atoms with Crippen molar-refractivity contribution in [3.05, 3.63) is 120 Å². The summed E-state index contributed by atoms with van der Waals surface area (Å²) < 4.78 is 27.0. The van der Waals surface area contributed by atoms with Gasteiger partial charge in [-0.1, -0.05) is 71.8 Å². The van der Waals surface area contributed by atoms with Crippen molar-refractivity contribution in [2.75, 3.05) is 21.3 Å². The van der Waals surface area contributed by atoms with Gasteiger partial charge in [0, 0.05) is 0 Å². The molecule has 8 heteroatoms. The summed E-state index contributed by atoms with van der Waals surface area (Å²) in [6, 6.07) is 31.1. The SMILES string of the molecule is COC(=O)C(CCC1=CCCCC1)Oc1ccc(-c2ccc(OC)cc2)cc1.COc1ccc(-c2ccc(OC(CCC3=CCCCC3)C(=O)O)cc2)cc1. The number of carbonyl (C=O) groups is 2. The van der Waals surface area contributed by atoms with Crippen LogP contribution in [0.5, 0.6) is 23.0 Å². The van der Waals surface area contributed by atoms with Crippen LogP contribution in [0.3, 0.4) is 0 Å². The zero-order valence-corrected chi connectivity index (χ0v) is 32.3. The lowest BCUT2D eigenvalue weighted by Gasteiger charge is -2.19. The molecule has 1 N–H and O–H groups in total. The minimum atomic E-state index is -0.911. The fraction of sp³-hybridized carbons (Fsp3) is 0.362. The summed E-state index contributed by atoms with van der Waals surface area (Å²) in [6.07, 6.45) is 15.4. The van der Waals surface area contributed by atoms with Crippen LogP contribution in [0.15, 0.2) is 120 Å². The predicted molar refractivity (Wildman–Crippen MR) is 217 cm³/mol. The van der Waals surface area contributed by atoms with Gasteiger partial charge < -0.3 is 28.8 Å². The van der Waals surface area contributed by atoms with E-state index in [1.54, 1.807) is 14.2 Å². The maximum atomic E-state index is 12.2. The molecular formula is C47H54O8. The Morgan fingerprint density at radius 2 is 0.891 bits per heavy atom. The Balaban J connectivity index is 0.000000211. The molecule has 2 atom stereocenters. The number of benzene rings is 4. The second-order valence-electron chi connectivity index (χ2n) is 13.9. The molecule has 290 valence electrons. The average molecular weight is 747 g/mol. The highest BCUT2D eigenvalue weighted by atomic mass is 16.6. The molecule has 0 amide bonds. The van der Waals surface area contributed by atoms with E-state index in [4.69, 9.17) is 23.7 Å². The first-order valence-corrected chi connectivity index (χ1v) is 19.3. The molecule has 0 bridgehead atoms. The van der Waals surface area contributed by atoms with Crippen LogP contribution >= 0.6 is 0 Å². The van der Waals surface area contributed by atoms with Crippen molar-refractivity contribution in [3.8, 4) is 45.3 Å². The Hall–Kier alpha value is -5.50. The normalized spacial score (nSPS) is 14.8. The Morgan fingerprint density at radius 1 is 0.527 bits per heavy atom. The van der Waals surface area contributed by atoms with E-state index >= 15 is 0 Å². The number of carboxylic acids is 1. The number of rotatable bonds is 16. The van der Waals surface area contributed by atoms with Gasteiger partial charge >= 0.3 is 11.9 Å². The van der Waals surface area contributed by atoms with Crippen LogP contribution in [-0.4, -0.2) is 50.6 Å². The molecule has 0 saturated carbocycles. The minimum Gasteiger partial charge on any atom is -0.497 e. The molecule has 0 aliphatic heterocycles. The molecule has 0 saturated heterocycles. The molecule has 2 unspecified atom stereocenters. The van der Waals surface area contributed by atoms with E-state index in [0.717, 1.165) is 72.3 Å².